The number of aryl methyl sites for hydroxylation is 1. The number of anilines is 1. The van der Waals surface area contributed by atoms with Gasteiger partial charge in [0.15, 0.2) is 0 Å². The van der Waals surface area contributed by atoms with Crippen LogP contribution in [0.4, 0.5) is 16.2 Å². The summed E-state index contributed by atoms with van der Waals surface area (Å²) in [6.45, 7) is 6.04. The van der Waals surface area contributed by atoms with Crippen molar-refractivity contribution in [3.63, 3.8) is 0 Å². The topological polar surface area (TPSA) is 78.7 Å². The van der Waals surface area contributed by atoms with Crippen molar-refractivity contribution in [2.45, 2.75) is 19.9 Å². The van der Waals surface area contributed by atoms with Gasteiger partial charge in [0, 0.05) is 50.5 Å². The Bertz CT molecular complexity index is 824. The number of nitrogens with one attached hydrogen (secondary N) is 1. The number of carbonyl (C=O) groups is 1. The summed E-state index contributed by atoms with van der Waals surface area (Å²) in [5, 5.41) is 13.6. The Hall–Kier alpha value is -2.93. The first-order valence-electron chi connectivity index (χ1n) is 9.10. The van der Waals surface area contributed by atoms with E-state index < -0.39 is 4.92 Å². The summed E-state index contributed by atoms with van der Waals surface area (Å²) in [6, 6.07) is 14.2. The number of hydrogen-bond acceptors (Lipinski definition) is 4. The van der Waals surface area contributed by atoms with Crippen molar-refractivity contribution in [2.75, 3.05) is 31.5 Å². The van der Waals surface area contributed by atoms with Gasteiger partial charge in [-0.05, 0) is 30.5 Å². The Morgan fingerprint density at radius 1 is 1.11 bits per heavy atom. The van der Waals surface area contributed by atoms with Gasteiger partial charge in [0.05, 0.1) is 4.92 Å². The van der Waals surface area contributed by atoms with Crippen molar-refractivity contribution in [1.29, 1.82) is 0 Å². The second kappa shape index (κ2) is 8.64. The van der Waals surface area contributed by atoms with Gasteiger partial charge in [0.25, 0.3) is 5.69 Å². The number of nitro benzene ring substituents is 1. The van der Waals surface area contributed by atoms with E-state index in [0.717, 1.165) is 26.1 Å². The molecule has 7 nitrogen and oxygen atoms in total. The summed E-state index contributed by atoms with van der Waals surface area (Å²) >= 11 is 0. The third-order valence-electron chi connectivity index (χ3n) is 4.84. The minimum absolute atomic E-state index is 0.0342. The summed E-state index contributed by atoms with van der Waals surface area (Å²) in [7, 11) is 0. The molecule has 0 spiro atoms. The number of urea groups is 1. The van der Waals surface area contributed by atoms with E-state index in [1.165, 1.54) is 23.3 Å². The Morgan fingerprint density at radius 3 is 2.70 bits per heavy atom. The number of carbonyl (C=O) groups excluding carboxylic acids is 1. The van der Waals surface area contributed by atoms with Crippen LogP contribution in [0.1, 0.15) is 17.5 Å². The molecule has 0 unspecified atom stereocenters. The Labute approximate surface area is 158 Å². The van der Waals surface area contributed by atoms with Crippen LogP contribution < -0.4 is 5.32 Å². The molecule has 7 heteroatoms. The molecule has 0 radical (unpaired) electrons. The highest BCUT2D eigenvalue weighted by Gasteiger charge is 2.20. The van der Waals surface area contributed by atoms with Crippen molar-refractivity contribution < 1.29 is 9.72 Å². The highest BCUT2D eigenvalue weighted by atomic mass is 16.6. The molecule has 0 aliphatic carbocycles. The zero-order valence-electron chi connectivity index (χ0n) is 15.4. The zero-order chi connectivity index (χ0) is 19.2. The maximum atomic E-state index is 12.5. The fraction of sp³-hybridized carbons (Fsp3) is 0.350. The van der Waals surface area contributed by atoms with Gasteiger partial charge in [-0.3, -0.25) is 15.0 Å². The monoisotopic (exact) mass is 368 g/mol. The van der Waals surface area contributed by atoms with Crippen LogP contribution in [-0.2, 0) is 6.54 Å². The lowest BCUT2D eigenvalue weighted by molar-refractivity contribution is -0.384. The normalized spacial score (nSPS) is 15.2. The van der Waals surface area contributed by atoms with Gasteiger partial charge in [-0.2, -0.15) is 0 Å². The first-order valence-corrected chi connectivity index (χ1v) is 9.10. The Morgan fingerprint density at radius 2 is 1.93 bits per heavy atom. The predicted molar refractivity (Wildman–Crippen MR) is 105 cm³/mol. The standard InChI is InChI=1S/C20H24N4O3/c1-16-6-2-3-7-17(16)15-22-10-5-11-23(13-12-22)20(25)21-18-8-4-9-19(14-18)24(26)27/h2-4,6-9,14H,5,10-13,15H2,1H3,(H,21,25). The summed E-state index contributed by atoms with van der Waals surface area (Å²) in [6.07, 6.45) is 0.897. The van der Waals surface area contributed by atoms with Crippen molar-refractivity contribution in [3.05, 3.63) is 69.8 Å². The van der Waals surface area contributed by atoms with Gasteiger partial charge >= 0.3 is 6.03 Å². The van der Waals surface area contributed by atoms with Gasteiger partial charge in [-0.15, -0.1) is 0 Å². The average molecular weight is 368 g/mol. The van der Waals surface area contributed by atoms with Gasteiger partial charge in [0.2, 0.25) is 0 Å². The molecular weight excluding hydrogens is 344 g/mol. The van der Waals surface area contributed by atoms with Crippen LogP contribution in [0.5, 0.6) is 0 Å². The number of nitro groups is 1. The molecule has 2 aromatic carbocycles. The molecule has 1 fully saturated rings. The molecule has 0 bridgehead atoms. The van der Waals surface area contributed by atoms with Crippen LogP contribution in [0.2, 0.25) is 0 Å². The third kappa shape index (κ3) is 5.04. The molecule has 0 atom stereocenters. The second-order valence-corrected chi connectivity index (χ2v) is 6.78. The third-order valence-corrected chi connectivity index (χ3v) is 4.84. The van der Waals surface area contributed by atoms with Crippen molar-refractivity contribution in [2.24, 2.45) is 0 Å². The molecule has 1 saturated heterocycles. The highest BCUT2D eigenvalue weighted by molar-refractivity contribution is 5.89. The second-order valence-electron chi connectivity index (χ2n) is 6.78. The maximum absolute atomic E-state index is 12.5. The molecule has 2 aromatic rings. The van der Waals surface area contributed by atoms with E-state index in [-0.39, 0.29) is 11.7 Å². The lowest BCUT2D eigenvalue weighted by Gasteiger charge is -2.23. The molecule has 1 aliphatic rings. The smallest absolute Gasteiger partial charge is 0.321 e. The van der Waals surface area contributed by atoms with E-state index in [2.05, 4.69) is 35.3 Å². The molecule has 0 saturated carbocycles. The van der Waals surface area contributed by atoms with Crippen LogP contribution >= 0.6 is 0 Å². The highest BCUT2D eigenvalue weighted by Crippen LogP contribution is 2.18. The number of non-ortho nitro benzene ring substituents is 1. The summed E-state index contributed by atoms with van der Waals surface area (Å²) in [5.74, 6) is 0. The molecule has 142 valence electrons. The number of benzene rings is 2. The van der Waals surface area contributed by atoms with Crippen molar-refractivity contribution in [1.82, 2.24) is 9.80 Å². The minimum Gasteiger partial charge on any atom is -0.323 e. The quantitative estimate of drug-likeness (QED) is 0.660. The van der Waals surface area contributed by atoms with Crippen LogP contribution in [0, 0.1) is 17.0 Å². The van der Waals surface area contributed by atoms with Crippen LogP contribution in [0.25, 0.3) is 0 Å². The van der Waals surface area contributed by atoms with Crippen molar-refractivity contribution >= 4 is 17.4 Å². The lowest BCUT2D eigenvalue weighted by Crippen LogP contribution is -2.38. The van der Waals surface area contributed by atoms with Gasteiger partial charge in [-0.1, -0.05) is 30.3 Å². The van der Waals surface area contributed by atoms with Crippen LogP contribution in [-0.4, -0.2) is 46.9 Å². The van der Waals surface area contributed by atoms with Gasteiger partial charge in [-0.25, -0.2) is 4.79 Å². The first-order chi connectivity index (χ1) is 13.0. The molecule has 1 aliphatic heterocycles. The molecule has 1 heterocycles. The van der Waals surface area contributed by atoms with Gasteiger partial charge < -0.3 is 10.2 Å². The Balaban J connectivity index is 1.57. The van der Waals surface area contributed by atoms with Crippen LogP contribution in [0.15, 0.2) is 48.5 Å². The predicted octanol–water partition coefficient (Wildman–Crippen LogP) is 3.64. The van der Waals surface area contributed by atoms with Crippen LogP contribution in [0.3, 0.4) is 0 Å². The molecule has 2 amide bonds. The molecule has 27 heavy (non-hydrogen) atoms. The Kier molecular flexibility index (Phi) is 6.03. The summed E-state index contributed by atoms with van der Waals surface area (Å²) in [4.78, 5) is 27.1. The fourth-order valence-electron chi connectivity index (χ4n) is 3.26. The van der Waals surface area contributed by atoms with E-state index in [0.29, 0.717) is 18.8 Å². The molecule has 1 N–H and O–H groups in total. The largest absolute Gasteiger partial charge is 0.323 e. The molecule has 0 aromatic heterocycles. The summed E-state index contributed by atoms with van der Waals surface area (Å²) < 4.78 is 0. The number of nitrogens with zero attached hydrogens (tertiary/aromatic N) is 3. The van der Waals surface area contributed by atoms with E-state index in [9.17, 15) is 14.9 Å². The average Bonchev–Trinajstić information content (AvgIpc) is 2.89. The van der Waals surface area contributed by atoms with Gasteiger partial charge in [0.1, 0.15) is 0 Å². The van der Waals surface area contributed by atoms with E-state index in [1.807, 2.05) is 6.07 Å². The molecule has 3 rings (SSSR count). The fourth-order valence-corrected chi connectivity index (χ4v) is 3.26. The number of rotatable bonds is 4. The molecular formula is C20H24N4O3. The van der Waals surface area contributed by atoms with Crippen molar-refractivity contribution in [3.8, 4) is 0 Å². The lowest BCUT2D eigenvalue weighted by atomic mass is 10.1. The SMILES string of the molecule is Cc1ccccc1CN1CCCN(C(=O)Nc2cccc([N+](=O)[O-])c2)CC1. The summed E-state index contributed by atoms with van der Waals surface area (Å²) in [5.41, 5.74) is 3.00. The first kappa shape index (κ1) is 18.8. The van der Waals surface area contributed by atoms with E-state index in [1.54, 1.807) is 17.0 Å². The zero-order valence-corrected chi connectivity index (χ0v) is 15.4. The van der Waals surface area contributed by atoms with E-state index >= 15 is 0 Å². The minimum atomic E-state index is -0.467. The maximum Gasteiger partial charge on any atom is 0.321 e. The van der Waals surface area contributed by atoms with E-state index in [4.69, 9.17) is 0 Å². The number of hydrogen-bond donors (Lipinski definition) is 1. The number of amides is 2.